The van der Waals surface area contributed by atoms with Gasteiger partial charge in [0.1, 0.15) is 0 Å². The van der Waals surface area contributed by atoms with Crippen LogP contribution >= 0.6 is 0 Å². The Bertz CT molecular complexity index is 1280. The quantitative estimate of drug-likeness (QED) is 0.408. The van der Waals surface area contributed by atoms with Crippen LogP contribution in [0.3, 0.4) is 0 Å². The minimum absolute atomic E-state index is 0.430. The molecule has 2 aliphatic rings. The highest BCUT2D eigenvalue weighted by Gasteiger charge is 2.24. The van der Waals surface area contributed by atoms with Gasteiger partial charge in [-0.05, 0) is 79.1 Å². The van der Waals surface area contributed by atoms with Crippen molar-refractivity contribution in [3.05, 3.63) is 83.3 Å². The largest absolute Gasteiger partial charge is 0.387 e. The molecule has 0 unspecified atom stereocenters. The molecule has 1 aliphatic heterocycles. The van der Waals surface area contributed by atoms with Gasteiger partial charge in [0.2, 0.25) is 0 Å². The van der Waals surface area contributed by atoms with E-state index in [1.165, 1.54) is 34.1 Å². The first kappa shape index (κ1) is 19.4. The molecule has 0 fully saturated rings. The Morgan fingerprint density at radius 2 is 2.06 bits per heavy atom. The minimum atomic E-state index is -0.430. The van der Waals surface area contributed by atoms with Gasteiger partial charge < -0.3 is 20.3 Å². The first-order chi connectivity index (χ1) is 15.8. The van der Waals surface area contributed by atoms with Gasteiger partial charge in [-0.1, -0.05) is 18.2 Å². The van der Waals surface area contributed by atoms with E-state index in [1.807, 2.05) is 6.07 Å². The van der Waals surface area contributed by atoms with Crippen LogP contribution in [0.5, 0.6) is 0 Å². The molecule has 32 heavy (non-hydrogen) atoms. The van der Waals surface area contributed by atoms with Crippen LogP contribution in [0.2, 0.25) is 0 Å². The van der Waals surface area contributed by atoms with Gasteiger partial charge in [-0.25, -0.2) is 0 Å². The lowest BCUT2D eigenvalue weighted by atomic mass is 10.00. The third-order valence-electron chi connectivity index (χ3n) is 6.97. The molecule has 3 N–H and O–H groups in total. The molecule has 3 heterocycles. The van der Waals surface area contributed by atoms with Gasteiger partial charge in [0.25, 0.3) is 0 Å². The van der Waals surface area contributed by atoms with E-state index in [4.69, 9.17) is 0 Å². The van der Waals surface area contributed by atoms with Crippen molar-refractivity contribution in [3.63, 3.8) is 0 Å². The lowest BCUT2D eigenvalue weighted by Gasteiger charge is -2.32. The van der Waals surface area contributed by atoms with Crippen LogP contribution < -0.4 is 10.2 Å². The van der Waals surface area contributed by atoms with Crippen molar-refractivity contribution in [1.29, 1.82) is 0 Å². The van der Waals surface area contributed by atoms with E-state index >= 15 is 0 Å². The van der Waals surface area contributed by atoms with E-state index in [0.29, 0.717) is 0 Å². The topological polar surface area (TPSA) is 64.2 Å². The number of fused-ring (bicyclic) bond motifs is 3. The molecule has 5 heteroatoms. The average molecular weight is 425 g/mol. The van der Waals surface area contributed by atoms with Crippen molar-refractivity contribution in [1.82, 2.24) is 9.97 Å². The Labute approximate surface area is 188 Å². The molecule has 6 rings (SSSR count). The number of pyridine rings is 1. The summed E-state index contributed by atoms with van der Waals surface area (Å²) in [5, 5.41) is 15.1. The Morgan fingerprint density at radius 1 is 1.12 bits per heavy atom. The van der Waals surface area contributed by atoms with Crippen LogP contribution in [0, 0.1) is 0 Å². The fourth-order valence-corrected chi connectivity index (χ4v) is 5.33. The number of hydrogen-bond acceptors (Lipinski definition) is 4. The Balaban J connectivity index is 1.21. The maximum absolute atomic E-state index is 10.1. The SMILES string of the molecule is O[C@H]1CCc2c(Nc3ccc4c(c3)CCCN4CCc3c[nH]c4ccccc34)ccnc21. The second kappa shape index (κ2) is 7.99. The second-order valence-electron chi connectivity index (χ2n) is 8.95. The Morgan fingerprint density at radius 3 is 3.03 bits per heavy atom. The zero-order valence-electron chi connectivity index (χ0n) is 18.1. The number of aromatic amines is 1. The molecule has 0 radical (unpaired) electrons. The van der Waals surface area contributed by atoms with Crippen LogP contribution in [-0.4, -0.2) is 28.2 Å². The van der Waals surface area contributed by atoms with Gasteiger partial charge in [0.15, 0.2) is 0 Å². The van der Waals surface area contributed by atoms with Gasteiger partial charge in [0, 0.05) is 53.4 Å². The van der Waals surface area contributed by atoms with Crippen LogP contribution in [0.4, 0.5) is 17.1 Å². The monoisotopic (exact) mass is 424 g/mol. The van der Waals surface area contributed by atoms with E-state index in [-0.39, 0.29) is 0 Å². The number of rotatable bonds is 5. The summed E-state index contributed by atoms with van der Waals surface area (Å²) in [4.78, 5) is 10.3. The van der Waals surface area contributed by atoms with Crippen molar-refractivity contribution < 1.29 is 5.11 Å². The van der Waals surface area contributed by atoms with E-state index in [1.54, 1.807) is 6.20 Å². The molecule has 1 aliphatic carbocycles. The third kappa shape index (κ3) is 3.43. The second-order valence-corrected chi connectivity index (χ2v) is 8.95. The van der Waals surface area contributed by atoms with E-state index in [9.17, 15) is 5.11 Å². The number of aryl methyl sites for hydroxylation is 1. The fourth-order valence-electron chi connectivity index (χ4n) is 5.33. The molecule has 4 aromatic rings. The van der Waals surface area contributed by atoms with Crippen molar-refractivity contribution in [2.24, 2.45) is 0 Å². The van der Waals surface area contributed by atoms with E-state index in [2.05, 4.69) is 68.8 Å². The van der Waals surface area contributed by atoms with Gasteiger partial charge in [-0.3, -0.25) is 4.98 Å². The summed E-state index contributed by atoms with van der Waals surface area (Å²) in [6.07, 6.45) is 8.49. The predicted octanol–water partition coefficient (Wildman–Crippen LogP) is 5.28. The third-order valence-corrected chi connectivity index (χ3v) is 6.97. The molecule has 2 aromatic heterocycles. The average Bonchev–Trinajstić information content (AvgIpc) is 3.42. The van der Waals surface area contributed by atoms with Crippen LogP contribution in [0.15, 0.2) is 60.9 Å². The predicted molar refractivity (Wildman–Crippen MR) is 130 cm³/mol. The van der Waals surface area contributed by atoms with Crippen molar-refractivity contribution >= 4 is 28.0 Å². The van der Waals surface area contributed by atoms with Crippen molar-refractivity contribution in [2.75, 3.05) is 23.3 Å². The highest BCUT2D eigenvalue weighted by Crippen LogP contribution is 2.36. The highest BCUT2D eigenvalue weighted by atomic mass is 16.3. The zero-order chi connectivity index (χ0) is 21.5. The molecule has 0 bridgehead atoms. The number of anilines is 3. The van der Waals surface area contributed by atoms with E-state index in [0.717, 1.165) is 61.4 Å². The standard InChI is InChI=1S/C27H28N4O/c32-26-10-8-22-24(11-13-28-27(22)26)30-20-7-9-25-18(16-20)4-3-14-31(25)15-12-19-17-29-23-6-2-1-5-21(19)23/h1-2,5-7,9,11,13,16-17,26,29,32H,3-4,8,10,12,14-15H2,(H,28,30)/t26-/m0/s1. The first-order valence-electron chi connectivity index (χ1n) is 11.6. The molecule has 0 amide bonds. The van der Waals surface area contributed by atoms with Crippen molar-refractivity contribution in [3.8, 4) is 0 Å². The number of H-pyrrole nitrogens is 1. The zero-order valence-corrected chi connectivity index (χ0v) is 18.1. The molecule has 5 nitrogen and oxygen atoms in total. The number of aliphatic hydroxyl groups excluding tert-OH is 1. The number of nitrogens with zero attached hydrogens (tertiary/aromatic N) is 2. The summed E-state index contributed by atoms with van der Waals surface area (Å²) in [5.41, 5.74) is 9.53. The maximum Gasteiger partial charge on any atom is 0.0966 e. The van der Waals surface area contributed by atoms with Gasteiger partial charge >= 0.3 is 0 Å². The van der Waals surface area contributed by atoms with Crippen LogP contribution in [0.25, 0.3) is 10.9 Å². The van der Waals surface area contributed by atoms with Crippen molar-refractivity contribution in [2.45, 2.75) is 38.2 Å². The van der Waals surface area contributed by atoms with Gasteiger partial charge in [-0.2, -0.15) is 0 Å². The molecular formula is C27H28N4O. The summed E-state index contributed by atoms with van der Waals surface area (Å²) < 4.78 is 0. The molecule has 1 atom stereocenters. The van der Waals surface area contributed by atoms with E-state index < -0.39 is 6.10 Å². The van der Waals surface area contributed by atoms with Gasteiger partial charge in [0.05, 0.1) is 11.8 Å². The number of benzene rings is 2. The summed E-state index contributed by atoms with van der Waals surface area (Å²) >= 11 is 0. The number of para-hydroxylation sites is 1. The molecule has 162 valence electrons. The summed E-state index contributed by atoms with van der Waals surface area (Å²) in [6, 6.07) is 17.3. The Hall–Kier alpha value is -3.31. The lowest BCUT2D eigenvalue weighted by molar-refractivity contribution is 0.176. The normalized spacial score (nSPS) is 17.4. The molecule has 0 saturated heterocycles. The minimum Gasteiger partial charge on any atom is -0.387 e. The summed E-state index contributed by atoms with van der Waals surface area (Å²) in [5.74, 6) is 0. The molecule has 0 saturated carbocycles. The first-order valence-corrected chi connectivity index (χ1v) is 11.6. The molecule has 0 spiro atoms. The molecule has 2 aromatic carbocycles. The highest BCUT2D eigenvalue weighted by molar-refractivity contribution is 5.83. The molecular weight excluding hydrogens is 396 g/mol. The summed E-state index contributed by atoms with van der Waals surface area (Å²) in [6.45, 7) is 2.13. The maximum atomic E-state index is 10.1. The Kier molecular flexibility index (Phi) is 4.84. The number of aliphatic hydroxyl groups is 1. The number of hydrogen-bond donors (Lipinski definition) is 3. The number of aromatic nitrogens is 2. The lowest BCUT2D eigenvalue weighted by Crippen LogP contribution is -2.31. The smallest absolute Gasteiger partial charge is 0.0966 e. The summed E-state index contributed by atoms with van der Waals surface area (Å²) in [7, 11) is 0. The van der Waals surface area contributed by atoms with Crippen LogP contribution in [-0.2, 0) is 19.3 Å². The fraction of sp³-hybridized carbons (Fsp3) is 0.296. The van der Waals surface area contributed by atoms with Crippen LogP contribution in [0.1, 0.15) is 41.3 Å². The number of nitrogens with one attached hydrogen (secondary N) is 2. The van der Waals surface area contributed by atoms with Gasteiger partial charge in [-0.15, -0.1) is 0 Å².